The van der Waals surface area contributed by atoms with Crippen LogP contribution in [-0.4, -0.2) is 61.2 Å². The zero-order valence-corrected chi connectivity index (χ0v) is 13.7. The minimum absolute atomic E-state index is 0.271. The van der Waals surface area contributed by atoms with E-state index in [1.165, 1.54) is 10.6 Å². The van der Waals surface area contributed by atoms with Crippen molar-refractivity contribution < 1.29 is 13.2 Å². The number of aromatic nitrogens is 3. The minimum atomic E-state index is -3.53. The fraction of sp³-hybridized carbons (Fsp3) is 0.429. The molecule has 9 heteroatoms. The van der Waals surface area contributed by atoms with Crippen LogP contribution in [0, 0.1) is 0 Å². The lowest BCUT2D eigenvalue weighted by Gasteiger charge is -2.33. The van der Waals surface area contributed by atoms with Crippen molar-refractivity contribution in [2.45, 2.75) is 11.5 Å². The Balaban J connectivity index is 1.77. The monoisotopic (exact) mass is 337 g/mol. The van der Waals surface area contributed by atoms with Crippen LogP contribution >= 0.6 is 0 Å². The van der Waals surface area contributed by atoms with E-state index in [0.717, 1.165) is 0 Å². The largest absolute Gasteiger partial charge is 0.380 e. The molecule has 3 rings (SSSR count). The van der Waals surface area contributed by atoms with Gasteiger partial charge in [0.25, 0.3) is 0 Å². The van der Waals surface area contributed by atoms with Crippen LogP contribution < -0.4 is 4.90 Å². The van der Waals surface area contributed by atoms with Gasteiger partial charge in [0.1, 0.15) is 6.33 Å². The lowest BCUT2D eigenvalue weighted by Crippen LogP contribution is -2.49. The van der Waals surface area contributed by atoms with Crippen molar-refractivity contribution in [3.63, 3.8) is 0 Å². The Morgan fingerprint density at radius 3 is 2.61 bits per heavy atom. The Morgan fingerprint density at radius 2 is 1.96 bits per heavy atom. The number of rotatable bonds is 5. The third kappa shape index (κ3) is 3.21. The van der Waals surface area contributed by atoms with Gasteiger partial charge < -0.3 is 9.64 Å². The molecule has 2 heterocycles. The van der Waals surface area contributed by atoms with Gasteiger partial charge in [0.2, 0.25) is 16.0 Å². The van der Waals surface area contributed by atoms with E-state index in [-0.39, 0.29) is 6.61 Å². The number of nitrogens with one attached hydrogen (secondary N) is 1. The van der Waals surface area contributed by atoms with Crippen molar-refractivity contribution >= 4 is 16.0 Å². The van der Waals surface area contributed by atoms with Gasteiger partial charge in [0, 0.05) is 33.3 Å². The molecule has 0 atom stereocenters. The standard InChI is InChI=1S/C14H19N5O3S/c1-22-10-12-4-2-3-5-13(12)23(20,21)19-8-6-18(7-9-19)14-15-11-16-17-14/h2-5,11H,6-10H2,1H3,(H,15,16,17). The van der Waals surface area contributed by atoms with Gasteiger partial charge in [-0.15, -0.1) is 0 Å². The van der Waals surface area contributed by atoms with Gasteiger partial charge in [-0.25, -0.2) is 13.5 Å². The third-order valence-corrected chi connectivity index (χ3v) is 5.83. The van der Waals surface area contributed by atoms with Crippen molar-refractivity contribution in [3.05, 3.63) is 36.2 Å². The molecule has 124 valence electrons. The molecule has 0 radical (unpaired) electrons. The summed E-state index contributed by atoms with van der Waals surface area (Å²) < 4.78 is 32.4. The summed E-state index contributed by atoms with van der Waals surface area (Å²) >= 11 is 0. The molecule has 0 aliphatic carbocycles. The predicted molar refractivity (Wildman–Crippen MR) is 84.5 cm³/mol. The maximum atomic E-state index is 12.9. The van der Waals surface area contributed by atoms with E-state index >= 15 is 0 Å². The van der Waals surface area contributed by atoms with Crippen LogP contribution in [-0.2, 0) is 21.4 Å². The maximum absolute atomic E-state index is 12.9. The molecule has 1 saturated heterocycles. The third-order valence-electron chi connectivity index (χ3n) is 3.83. The van der Waals surface area contributed by atoms with E-state index in [1.54, 1.807) is 25.3 Å². The van der Waals surface area contributed by atoms with Gasteiger partial charge in [0.05, 0.1) is 11.5 Å². The Bertz CT molecular complexity index is 740. The molecule has 0 bridgehead atoms. The van der Waals surface area contributed by atoms with Crippen LogP contribution in [0.4, 0.5) is 5.95 Å². The summed E-state index contributed by atoms with van der Waals surface area (Å²) in [4.78, 5) is 6.40. The molecule has 1 aliphatic heterocycles. The Kier molecular flexibility index (Phi) is 4.60. The molecule has 1 aromatic heterocycles. The highest BCUT2D eigenvalue weighted by atomic mass is 32.2. The molecule has 0 unspecified atom stereocenters. The lowest BCUT2D eigenvalue weighted by molar-refractivity contribution is 0.182. The highest BCUT2D eigenvalue weighted by Gasteiger charge is 2.30. The average Bonchev–Trinajstić information content (AvgIpc) is 3.10. The second kappa shape index (κ2) is 6.65. The smallest absolute Gasteiger partial charge is 0.243 e. The Morgan fingerprint density at radius 1 is 1.22 bits per heavy atom. The fourth-order valence-electron chi connectivity index (χ4n) is 2.66. The van der Waals surface area contributed by atoms with Crippen molar-refractivity contribution in [2.75, 3.05) is 38.2 Å². The first-order valence-corrected chi connectivity index (χ1v) is 8.74. The number of aromatic amines is 1. The summed E-state index contributed by atoms with van der Waals surface area (Å²) in [6.07, 6.45) is 1.44. The highest BCUT2D eigenvalue weighted by Crippen LogP contribution is 2.22. The molecule has 8 nitrogen and oxygen atoms in total. The van der Waals surface area contributed by atoms with E-state index in [4.69, 9.17) is 4.74 Å². The first-order chi connectivity index (χ1) is 11.1. The topological polar surface area (TPSA) is 91.4 Å². The first kappa shape index (κ1) is 15.9. The molecule has 1 fully saturated rings. The van der Waals surface area contributed by atoms with Crippen LogP contribution in [0.15, 0.2) is 35.5 Å². The van der Waals surface area contributed by atoms with E-state index in [1.807, 2.05) is 11.0 Å². The second-order valence-corrected chi connectivity index (χ2v) is 7.15. The summed E-state index contributed by atoms with van der Waals surface area (Å²) in [5.74, 6) is 0.668. The minimum Gasteiger partial charge on any atom is -0.380 e. The van der Waals surface area contributed by atoms with Crippen LogP contribution in [0.3, 0.4) is 0 Å². The number of H-pyrrole nitrogens is 1. The lowest BCUT2D eigenvalue weighted by atomic mass is 10.2. The fourth-order valence-corrected chi connectivity index (χ4v) is 4.29. The molecule has 0 spiro atoms. The predicted octanol–water partition coefficient (Wildman–Crippen LogP) is 0.462. The zero-order chi connectivity index (χ0) is 16.3. The van der Waals surface area contributed by atoms with Crippen LogP contribution in [0.25, 0.3) is 0 Å². The van der Waals surface area contributed by atoms with Crippen molar-refractivity contribution in [3.8, 4) is 0 Å². The number of ether oxygens (including phenoxy) is 1. The molecule has 23 heavy (non-hydrogen) atoms. The van der Waals surface area contributed by atoms with E-state index in [2.05, 4.69) is 15.2 Å². The summed E-state index contributed by atoms with van der Waals surface area (Å²) in [7, 11) is -1.97. The van der Waals surface area contributed by atoms with Crippen molar-refractivity contribution in [1.82, 2.24) is 19.5 Å². The number of benzene rings is 1. The second-order valence-electron chi connectivity index (χ2n) is 5.24. The van der Waals surface area contributed by atoms with Crippen molar-refractivity contribution in [1.29, 1.82) is 0 Å². The van der Waals surface area contributed by atoms with Gasteiger partial charge in [-0.3, -0.25) is 0 Å². The van der Waals surface area contributed by atoms with Crippen LogP contribution in [0.5, 0.6) is 0 Å². The average molecular weight is 337 g/mol. The van der Waals surface area contributed by atoms with E-state index < -0.39 is 10.0 Å². The number of nitrogens with zero attached hydrogens (tertiary/aromatic N) is 4. The molecule has 2 aromatic rings. The normalized spacial score (nSPS) is 16.7. The van der Waals surface area contributed by atoms with Gasteiger partial charge in [0.15, 0.2) is 0 Å². The highest BCUT2D eigenvalue weighted by molar-refractivity contribution is 7.89. The number of hydrogen-bond acceptors (Lipinski definition) is 6. The molecule has 0 saturated carbocycles. The number of anilines is 1. The Labute approximate surface area is 135 Å². The molecular formula is C14H19N5O3S. The summed E-state index contributed by atoms with van der Waals surface area (Å²) in [6.45, 7) is 2.23. The number of hydrogen-bond donors (Lipinski definition) is 1. The molecule has 1 aromatic carbocycles. The maximum Gasteiger partial charge on any atom is 0.243 e. The van der Waals surface area contributed by atoms with E-state index in [9.17, 15) is 8.42 Å². The zero-order valence-electron chi connectivity index (χ0n) is 12.8. The number of sulfonamides is 1. The number of piperazine rings is 1. The summed E-state index contributed by atoms with van der Waals surface area (Å²) in [6, 6.07) is 6.96. The van der Waals surface area contributed by atoms with Crippen LogP contribution in [0.1, 0.15) is 5.56 Å². The SMILES string of the molecule is COCc1ccccc1S(=O)(=O)N1CCN(c2ncn[nH]2)CC1. The molecular weight excluding hydrogens is 318 g/mol. The van der Waals surface area contributed by atoms with Gasteiger partial charge >= 0.3 is 0 Å². The van der Waals surface area contributed by atoms with Crippen LogP contribution in [0.2, 0.25) is 0 Å². The van der Waals surface area contributed by atoms with Crippen molar-refractivity contribution in [2.24, 2.45) is 0 Å². The molecule has 1 aliphatic rings. The van der Waals surface area contributed by atoms with Gasteiger partial charge in [-0.2, -0.15) is 14.4 Å². The van der Waals surface area contributed by atoms with E-state index in [0.29, 0.717) is 42.6 Å². The molecule has 1 N–H and O–H groups in total. The van der Waals surface area contributed by atoms with Gasteiger partial charge in [-0.1, -0.05) is 18.2 Å². The summed E-state index contributed by atoms with van der Waals surface area (Å²) in [5.41, 5.74) is 0.674. The first-order valence-electron chi connectivity index (χ1n) is 7.30. The summed E-state index contributed by atoms with van der Waals surface area (Å²) in [5, 5.41) is 6.62. The van der Waals surface area contributed by atoms with Gasteiger partial charge in [-0.05, 0) is 11.6 Å². The Hall–Kier alpha value is -1.97. The quantitative estimate of drug-likeness (QED) is 0.852. The molecule has 0 amide bonds. The number of methoxy groups -OCH3 is 1.